The fraction of sp³-hybridized carbons (Fsp3) is 0.524. The fourth-order valence-electron chi connectivity index (χ4n) is 4.09. The van der Waals surface area contributed by atoms with Gasteiger partial charge in [-0.15, -0.1) is 0 Å². The highest BCUT2D eigenvalue weighted by atomic mass is 35.5. The van der Waals surface area contributed by atoms with Gasteiger partial charge in [-0.1, -0.05) is 24.1 Å². The first-order valence-corrected chi connectivity index (χ1v) is 11.1. The Balaban J connectivity index is 1.25. The Morgan fingerprint density at radius 1 is 1.06 bits per heavy atom. The fourth-order valence-corrected chi connectivity index (χ4v) is 4.28. The standard InChI is InChI=1S/C21H27ClN6O3/c22-16-5-4-6-17(13-16)25-9-11-26(12-10-25)20(30)14-23-19(29)15-28-21(31)27-8-3-1-2-7-18(27)24-28/h4-6,13H,1-3,7-12,14-15H2,(H,23,29). The molecule has 0 atom stereocenters. The van der Waals surface area contributed by atoms with Crippen molar-refractivity contribution in [1.82, 2.24) is 24.6 Å². The molecule has 0 bridgehead atoms. The predicted molar refractivity (Wildman–Crippen MR) is 117 cm³/mol. The second kappa shape index (κ2) is 9.55. The quantitative estimate of drug-likeness (QED) is 0.736. The van der Waals surface area contributed by atoms with Crippen LogP contribution in [0.5, 0.6) is 0 Å². The molecular weight excluding hydrogens is 420 g/mol. The highest BCUT2D eigenvalue weighted by molar-refractivity contribution is 6.30. The van der Waals surface area contributed by atoms with E-state index in [1.165, 1.54) is 4.68 Å². The maximum atomic E-state index is 12.5. The second-order valence-corrected chi connectivity index (χ2v) is 8.38. The number of nitrogens with zero attached hydrogens (tertiary/aromatic N) is 5. The Kier molecular flexibility index (Phi) is 6.60. The molecule has 2 aliphatic rings. The lowest BCUT2D eigenvalue weighted by molar-refractivity contribution is -0.133. The monoisotopic (exact) mass is 446 g/mol. The van der Waals surface area contributed by atoms with E-state index in [-0.39, 0.29) is 30.6 Å². The number of carbonyl (C=O) groups is 2. The number of carbonyl (C=O) groups excluding carboxylic acids is 2. The lowest BCUT2D eigenvalue weighted by Crippen LogP contribution is -2.51. The Labute approximate surface area is 185 Å². The van der Waals surface area contributed by atoms with Crippen LogP contribution in [-0.2, 0) is 29.1 Å². The normalized spacial score (nSPS) is 16.5. The van der Waals surface area contributed by atoms with Crippen molar-refractivity contribution in [3.05, 3.63) is 45.6 Å². The van der Waals surface area contributed by atoms with E-state index in [2.05, 4.69) is 15.3 Å². The molecule has 1 fully saturated rings. The molecule has 1 aromatic carbocycles. The van der Waals surface area contributed by atoms with Crippen molar-refractivity contribution in [3.8, 4) is 0 Å². The Hall–Kier alpha value is -2.81. The van der Waals surface area contributed by atoms with Crippen molar-refractivity contribution >= 4 is 29.1 Å². The van der Waals surface area contributed by atoms with E-state index >= 15 is 0 Å². The topological polar surface area (TPSA) is 92.5 Å². The molecule has 1 N–H and O–H groups in total. The van der Waals surface area contributed by atoms with Gasteiger partial charge in [0.05, 0.1) is 6.54 Å². The summed E-state index contributed by atoms with van der Waals surface area (Å²) in [4.78, 5) is 41.2. The molecule has 31 heavy (non-hydrogen) atoms. The number of piperazine rings is 1. The molecule has 1 saturated heterocycles. The summed E-state index contributed by atoms with van der Waals surface area (Å²) in [5, 5.41) is 7.62. The molecule has 10 heteroatoms. The highest BCUT2D eigenvalue weighted by Crippen LogP contribution is 2.20. The van der Waals surface area contributed by atoms with Gasteiger partial charge in [0.15, 0.2) is 0 Å². The number of amides is 2. The highest BCUT2D eigenvalue weighted by Gasteiger charge is 2.22. The third kappa shape index (κ3) is 5.10. The van der Waals surface area contributed by atoms with Gasteiger partial charge in [0.1, 0.15) is 12.4 Å². The van der Waals surface area contributed by atoms with Gasteiger partial charge in [0, 0.05) is 49.9 Å². The Bertz CT molecular complexity index is 1010. The number of halogens is 1. The minimum absolute atomic E-state index is 0.0850. The van der Waals surface area contributed by atoms with E-state index in [1.54, 1.807) is 9.47 Å². The van der Waals surface area contributed by atoms with Crippen LogP contribution < -0.4 is 15.9 Å². The van der Waals surface area contributed by atoms with Crippen LogP contribution in [0, 0.1) is 0 Å². The van der Waals surface area contributed by atoms with E-state index in [0.29, 0.717) is 37.7 Å². The van der Waals surface area contributed by atoms with Gasteiger partial charge >= 0.3 is 5.69 Å². The Morgan fingerprint density at radius 3 is 2.65 bits per heavy atom. The first-order valence-electron chi connectivity index (χ1n) is 10.7. The molecule has 166 valence electrons. The van der Waals surface area contributed by atoms with Crippen LogP contribution in [0.25, 0.3) is 0 Å². The van der Waals surface area contributed by atoms with Gasteiger partial charge in [-0.05, 0) is 31.0 Å². The zero-order valence-corrected chi connectivity index (χ0v) is 18.2. The van der Waals surface area contributed by atoms with E-state index in [0.717, 1.165) is 37.2 Å². The average Bonchev–Trinajstić information content (AvgIpc) is 2.93. The number of aryl methyl sites for hydroxylation is 1. The van der Waals surface area contributed by atoms with Crippen molar-refractivity contribution in [2.24, 2.45) is 0 Å². The van der Waals surface area contributed by atoms with E-state index < -0.39 is 0 Å². The zero-order chi connectivity index (χ0) is 21.8. The molecule has 0 spiro atoms. The third-order valence-electron chi connectivity index (χ3n) is 5.82. The average molecular weight is 447 g/mol. The summed E-state index contributed by atoms with van der Waals surface area (Å²) in [5.74, 6) is 0.220. The maximum absolute atomic E-state index is 12.5. The molecule has 3 heterocycles. The van der Waals surface area contributed by atoms with Crippen LogP contribution in [0.2, 0.25) is 5.02 Å². The van der Waals surface area contributed by atoms with Crippen LogP contribution >= 0.6 is 11.6 Å². The zero-order valence-electron chi connectivity index (χ0n) is 17.4. The van der Waals surface area contributed by atoms with Crippen LogP contribution in [-0.4, -0.2) is 63.8 Å². The SMILES string of the molecule is O=C(Cn1nc2n(c1=O)CCCCC2)NCC(=O)N1CCN(c2cccc(Cl)c2)CC1. The molecule has 9 nitrogen and oxygen atoms in total. The lowest BCUT2D eigenvalue weighted by Gasteiger charge is -2.36. The number of benzene rings is 1. The van der Waals surface area contributed by atoms with E-state index in [9.17, 15) is 14.4 Å². The van der Waals surface area contributed by atoms with Crippen molar-refractivity contribution in [3.63, 3.8) is 0 Å². The van der Waals surface area contributed by atoms with Crippen LogP contribution in [0.15, 0.2) is 29.1 Å². The Morgan fingerprint density at radius 2 is 1.87 bits per heavy atom. The number of aromatic nitrogens is 3. The van der Waals surface area contributed by atoms with E-state index in [1.807, 2.05) is 24.3 Å². The maximum Gasteiger partial charge on any atom is 0.346 e. The summed E-state index contributed by atoms with van der Waals surface area (Å²) < 4.78 is 2.86. The molecule has 0 saturated carbocycles. The van der Waals surface area contributed by atoms with Gasteiger partial charge in [0.2, 0.25) is 11.8 Å². The smallest absolute Gasteiger partial charge is 0.346 e. The van der Waals surface area contributed by atoms with Crippen molar-refractivity contribution in [2.45, 2.75) is 38.8 Å². The van der Waals surface area contributed by atoms with Crippen molar-refractivity contribution < 1.29 is 9.59 Å². The van der Waals surface area contributed by atoms with Crippen molar-refractivity contribution in [2.75, 3.05) is 37.6 Å². The number of hydrogen-bond donors (Lipinski definition) is 1. The summed E-state index contributed by atoms with van der Waals surface area (Å²) in [6.45, 7) is 2.95. The molecule has 0 radical (unpaired) electrons. The van der Waals surface area contributed by atoms with Crippen molar-refractivity contribution in [1.29, 1.82) is 0 Å². The van der Waals surface area contributed by atoms with Crippen LogP contribution in [0.4, 0.5) is 5.69 Å². The number of fused-ring (bicyclic) bond motifs is 1. The van der Waals surface area contributed by atoms with Crippen LogP contribution in [0.1, 0.15) is 25.1 Å². The molecule has 0 aliphatic carbocycles. The minimum atomic E-state index is -0.388. The summed E-state index contributed by atoms with van der Waals surface area (Å²) >= 11 is 6.06. The van der Waals surface area contributed by atoms with Gasteiger partial charge in [-0.2, -0.15) is 5.10 Å². The number of hydrogen-bond acceptors (Lipinski definition) is 5. The molecule has 2 aliphatic heterocycles. The molecular formula is C21H27ClN6O3. The van der Waals surface area contributed by atoms with Gasteiger partial charge in [-0.3, -0.25) is 14.2 Å². The largest absolute Gasteiger partial charge is 0.368 e. The number of anilines is 1. The number of rotatable bonds is 5. The first-order chi connectivity index (χ1) is 15.0. The molecule has 4 rings (SSSR count). The van der Waals surface area contributed by atoms with Gasteiger partial charge < -0.3 is 15.1 Å². The summed E-state index contributed by atoms with van der Waals surface area (Å²) in [7, 11) is 0. The molecule has 0 unspecified atom stereocenters. The summed E-state index contributed by atoms with van der Waals surface area (Å²) in [6.07, 6.45) is 3.79. The van der Waals surface area contributed by atoms with Gasteiger partial charge in [-0.25, -0.2) is 9.48 Å². The number of nitrogens with one attached hydrogen (secondary N) is 1. The third-order valence-corrected chi connectivity index (χ3v) is 6.05. The summed E-state index contributed by atoms with van der Waals surface area (Å²) in [6, 6.07) is 7.66. The van der Waals surface area contributed by atoms with Gasteiger partial charge in [0.25, 0.3) is 0 Å². The lowest BCUT2D eigenvalue weighted by atomic mass is 10.2. The molecule has 2 amide bonds. The molecule has 1 aromatic heterocycles. The minimum Gasteiger partial charge on any atom is -0.368 e. The van der Waals surface area contributed by atoms with Crippen LogP contribution in [0.3, 0.4) is 0 Å². The van der Waals surface area contributed by atoms with E-state index in [4.69, 9.17) is 11.6 Å². The summed E-state index contributed by atoms with van der Waals surface area (Å²) in [5.41, 5.74) is 0.785. The predicted octanol–water partition coefficient (Wildman–Crippen LogP) is 0.890. The first kappa shape index (κ1) is 21.4. The second-order valence-electron chi connectivity index (χ2n) is 7.94. The molecule has 2 aromatic rings.